The van der Waals surface area contributed by atoms with E-state index in [4.69, 9.17) is 10.8 Å². The number of hydrogen-bond acceptors (Lipinski definition) is 5. The number of rotatable bonds is 3. The number of nitrogens with one attached hydrogen (secondary N) is 1. The van der Waals surface area contributed by atoms with E-state index in [-0.39, 0.29) is 24.4 Å². The zero-order chi connectivity index (χ0) is 12.7. The van der Waals surface area contributed by atoms with Crippen LogP contribution in [0.25, 0.3) is 0 Å². The van der Waals surface area contributed by atoms with E-state index in [0.29, 0.717) is 0 Å². The van der Waals surface area contributed by atoms with E-state index in [2.05, 4.69) is 10.2 Å². The molecule has 1 aromatic rings. The molecule has 2 rings (SSSR count). The van der Waals surface area contributed by atoms with Crippen LogP contribution in [0.15, 0.2) is 17.3 Å². The fraction of sp³-hybridized carbons (Fsp3) is 0.500. The van der Waals surface area contributed by atoms with Gasteiger partial charge in [-0.05, 0) is 6.42 Å². The maximum atomic E-state index is 12.0. The Morgan fingerprint density at radius 1 is 1.65 bits per heavy atom. The lowest BCUT2D eigenvalue weighted by Gasteiger charge is -2.19. The van der Waals surface area contributed by atoms with Gasteiger partial charge in [0.1, 0.15) is 10.4 Å². The molecule has 0 radical (unpaired) electrons. The molecule has 9 heteroatoms. The zero-order valence-corrected chi connectivity index (χ0v) is 9.64. The first-order valence-electron chi connectivity index (χ1n) is 4.87. The van der Waals surface area contributed by atoms with E-state index in [1.807, 2.05) is 0 Å². The summed E-state index contributed by atoms with van der Waals surface area (Å²) >= 11 is 0. The summed E-state index contributed by atoms with van der Waals surface area (Å²) in [6, 6.07) is 0. The van der Waals surface area contributed by atoms with Crippen molar-refractivity contribution in [2.75, 3.05) is 13.1 Å². The normalized spacial score (nSPS) is 26.2. The van der Waals surface area contributed by atoms with E-state index in [9.17, 15) is 13.2 Å². The van der Waals surface area contributed by atoms with Crippen LogP contribution in [0, 0.1) is 0 Å². The van der Waals surface area contributed by atoms with Gasteiger partial charge in [0.25, 0.3) is 0 Å². The number of carboxylic acids is 1. The summed E-state index contributed by atoms with van der Waals surface area (Å²) in [7, 11) is -3.70. The second-order valence-corrected chi connectivity index (χ2v) is 5.92. The molecule has 0 bridgehead atoms. The Morgan fingerprint density at radius 2 is 2.35 bits per heavy atom. The van der Waals surface area contributed by atoms with Crippen molar-refractivity contribution in [3.63, 3.8) is 0 Å². The predicted molar refractivity (Wildman–Crippen MR) is 56.5 cm³/mol. The fourth-order valence-electron chi connectivity index (χ4n) is 1.71. The quantitative estimate of drug-likeness (QED) is 0.612. The van der Waals surface area contributed by atoms with Crippen molar-refractivity contribution in [3.05, 3.63) is 12.4 Å². The van der Waals surface area contributed by atoms with Gasteiger partial charge < -0.3 is 10.8 Å². The van der Waals surface area contributed by atoms with E-state index in [1.54, 1.807) is 0 Å². The lowest BCUT2D eigenvalue weighted by atomic mass is 10.0. The third-order valence-electron chi connectivity index (χ3n) is 2.80. The first-order valence-corrected chi connectivity index (χ1v) is 6.31. The predicted octanol–water partition coefficient (Wildman–Crippen LogP) is -1.41. The lowest BCUT2D eigenvalue weighted by Crippen LogP contribution is -2.50. The number of carbonyl (C=O) groups is 1. The molecule has 4 N–H and O–H groups in total. The molecular formula is C8H12N4O4S. The third-order valence-corrected chi connectivity index (χ3v) is 4.61. The Bertz CT molecular complexity index is 526. The highest BCUT2D eigenvalue weighted by atomic mass is 32.2. The summed E-state index contributed by atoms with van der Waals surface area (Å²) in [5.74, 6) is -1.19. The Hall–Kier alpha value is -1.45. The van der Waals surface area contributed by atoms with Crippen molar-refractivity contribution in [1.82, 2.24) is 14.5 Å². The molecule has 94 valence electrons. The molecule has 1 aliphatic rings. The van der Waals surface area contributed by atoms with Crippen LogP contribution in [0.4, 0.5) is 0 Å². The van der Waals surface area contributed by atoms with Crippen LogP contribution in [-0.2, 0) is 14.8 Å². The van der Waals surface area contributed by atoms with Gasteiger partial charge in [0.15, 0.2) is 0 Å². The van der Waals surface area contributed by atoms with Gasteiger partial charge in [-0.15, -0.1) is 0 Å². The number of aromatic nitrogens is 2. The number of sulfonamides is 1. The van der Waals surface area contributed by atoms with Crippen molar-refractivity contribution in [1.29, 1.82) is 0 Å². The molecule has 0 spiro atoms. The van der Waals surface area contributed by atoms with E-state index < -0.39 is 21.5 Å². The fourth-order valence-corrected chi connectivity index (χ4v) is 3.12. The smallest absolute Gasteiger partial charge is 0.325 e. The minimum Gasteiger partial charge on any atom is -0.480 e. The van der Waals surface area contributed by atoms with E-state index in [1.165, 1.54) is 12.4 Å². The molecule has 0 saturated carbocycles. The Balaban J connectivity index is 2.25. The summed E-state index contributed by atoms with van der Waals surface area (Å²) in [6.45, 7) is -0.133. The molecule has 1 unspecified atom stereocenters. The molecular weight excluding hydrogens is 248 g/mol. The second-order valence-electron chi connectivity index (χ2n) is 3.98. The van der Waals surface area contributed by atoms with E-state index in [0.717, 1.165) is 4.31 Å². The van der Waals surface area contributed by atoms with Gasteiger partial charge >= 0.3 is 5.97 Å². The van der Waals surface area contributed by atoms with Crippen LogP contribution < -0.4 is 5.73 Å². The molecule has 17 heavy (non-hydrogen) atoms. The molecule has 1 aliphatic heterocycles. The number of aromatic amines is 1. The van der Waals surface area contributed by atoms with Gasteiger partial charge in [-0.25, -0.2) is 8.42 Å². The van der Waals surface area contributed by atoms with Crippen molar-refractivity contribution in [2.45, 2.75) is 16.9 Å². The number of carboxylic acid groups (broad SMARTS) is 1. The average molecular weight is 260 g/mol. The summed E-state index contributed by atoms with van der Waals surface area (Å²) in [6.07, 6.45) is 2.51. The van der Waals surface area contributed by atoms with Gasteiger partial charge in [-0.2, -0.15) is 9.40 Å². The van der Waals surface area contributed by atoms with Crippen LogP contribution in [0.5, 0.6) is 0 Å². The van der Waals surface area contributed by atoms with Crippen LogP contribution in [0.2, 0.25) is 0 Å². The molecule has 0 aliphatic carbocycles. The van der Waals surface area contributed by atoms with Crippen LogP contribution >= 0.6 is 0 Å². The first kappa shape index (κ1) is 12.0. The van der Waals surface area contributed by atoms with Gasteiger partial charge in [0.2, 0.25) is 10.0 Å². The largest absolute Gasteiger partial charge is 0.480 e. The Kier molecular flexibility index (Phi) is 2.68. The molecule has 1 fully saturated rings. The standard InChI is InChI=1S/C8H12N4O4S/c9-8(7(13)14)1-2-12(5-8)17(15,16)6-3-10-11-4-6/h3-4H,1-2,5,9H2,(H,10,11)(H,13,14). The maximum Gasteiger partial charge on any atom is 0.325 e. The number of H-pyrrole nitrogens is 1. The van der Waals surface area contributed by atoms with Gasteiger partial charge in [0.05, 0.1) is 6.20 Å². The highest BCUT2D eigenvalue weighted by Crippen LogP contribution is 2.25. The molecule has 1 atom stereocenters. The topological polar surface area (TPSA) is 129 Å². The first-order chi connectivity index (χ1) is 7.86. The molecule has 1 aromatic heterocycles. The maximum absolute atomic E-state index is 12.0. The van der Waals surface area contributed by atoms with E-state index >= 15 is 0 Å². The minimum atomic E-state index is -3.70. The van der Waals surface area contributed by atoms with Crippen LogP contribution in [0.1, 0.15) is 6.42 Å². The summed E-state index contributed by atoms with van der Waals surface area (Å²) in [4.78, 5) is 10.9. The zero-order valence-electron chi connectivity index (χ0n) is 8.83. The highest BCUT2D eigenvalue weighted by Gasteiger charge is 2.45. The summed E-state index contributed by atoms with van der Waals surface area (Å²) in [5, 5.41) is 14.9. The number of hydrogen-bond donors (Lipinski definition) is 3. The SMILES string of the molecule is NC1(C(=O)O)CCN(S(=O)(=O)c2cn[nH]c2)C1. The van der Waals surface area contributed by atoms with Crippen molar-refractivity contribution >= 4 is 16.0 Å². The van der Waals surface area contributed by atoms with Crippen LogP contribution in [0.3, 0.4) is 0 Å². The average Bonchev–Trinajstić information content (AvgIpc) is 2.86. The summed E-state index contributed by atoms with van der Waals surface area (Å²) < 4.78 is 25.1. The number of nitrogens with zero attached hydrogens (tertiary/aromatic N) is 2. The monoisotopic (exact) mass is 260 g/mol. The number of aliphatic carboxylic acids is 1. The Labute approximate surface area is 97.5 Å². The Morgan fingerprint density at radius 3 is 2.82 bits per heavy atom. The van der Waals surface area contributed by atoms with Crippen molar-refractivity contribution < 1.29 is 18.3 Å². The minimum absolute atomic E-state index is 0.00661. The second kappa shape index (κ2) is 3.79. The van der Waals surface area contributed by atoms with Gasteiger partial charge in [-0.1, -0.05) is 0 Å². The molecule has 1 saturated heterocycles. The lowest BCUT2D eigenvalue weighted by molar-refractivity contribution is -0.142. The van der Waals surface area contributed by atoms with Crippen molar-refractivity contribution in [3.8, 4) is 0 Å². The molecule has 2 heterocycles. The van der Waals surface area contributed by atoms with Gasteiger partial charge in [-0.3, -0.25) is 9.89 Å². The number of nitrogens with two attached hydrogens (primary N) is 1. The summed E-state index contributed by atoms with van der Waals surface area (Å²) in [5.41, 5.74) is 4.11. The van der Waals surface area contributed by atoms with Gasteiger partial charge in [0, 0.05) is 19.3 Å². The molecule has 8 nitrogen and oxygen atoms in total. The molecule has 0 amide bonds. The van der Waals surface area contributed by atoms with Crippen LogP contribution in [-0.4, -0.2) is 52.6 Å². The van der Waals surface area contributed by atoms with Crippen molar-refractivity contribution in [2.24, 2.45) is 5.73 Å². The third kappa shape index (κ3) is 1.92. The highest BCUT2D eigenvalue weighted by molar-refractivity contribution is 7.89. The molecule has 0 aromatic carbocycles.